The van der Waals surface area contributed by atoms with Gasteiger partial charge in [-0.05, 0) is 36.8 Å². The SMILES string of the molecule is O=C(O)[C@@H]1CCCN1C(=O)[C@@H]1CCCN1C(=O)CC1C=Cc2ccccc21. The van der Waals surface area contributed by atoms with Gasteiger partial charge in [0.05, 0.1) is 0 Å². The minimum atomic E-state index is -0.954. The van der Waals surface area contributed by atoms with E-state index in [0.717, 1.165) is 17.5 Å². The van der Waals surface area contributed by atoms with Crippen LogP contribution in [0.1, 0.15) is 49.1 Å². The first-order valence-corrected chi connectivity index (χ1v) is 9.66. The number of amides is 2. The molecule has 0 spiro atoms. The fraction of sp³-hybridized carbons (Fsp3) is 0.476. The summed E-state index contributed by atoms with van der Waals surface area (Å²) in [4.78, 5) is 40.5. The number of allylic oxidation sites excluding steroid dienone is 1. The summed E-state index contributed by atoms with van der Waals surface area (Å²) in [5.41, 5.74) is 2.30. The topological polar surface area (TPSA) is 77.9 Å². The van der Waals surface area contributed by atoms with Gasteiger partial charge in [-0.15, -0.1) is 0 Å². The predicted octanol–water partition coefficient (Wildman–Crippen LogP) is 2.25. The number of benzene rings is 1. The fourth-order valence-electron chi connectivity index (χ4n) is 4.61. The van der Waals surface area contributed by atoms with Crippen molar-refractivity contribution in [3.05, 3.63) is 41.5 Å². The maximum Gasteiger partial charge on any atom is 0.326 e. The molecule has 2 aliphatic heterocycles. The molecule has 2 fully saturated rings. The first-order valence-electron chi connectivity index (χ1n) is 9.66. The van der Waals surface area contributed by atoms with Crippen LogP contribution in [0.3, 0.4) is 0 Å². The van der Waals surface area contributed by atoms with Gasteiger partial charge in [0.15, 0.2) is 0 Å². The summed E-state index contributed by atoms with van der Waals surface area (Å²) in [5.74, 6) is -1.13. The molecule has 1 unspecified atom stereocenters. The molecule has 3 atom stereocenters. The molecule has 1 aromatic rings. The first kappa shape index (κ1) is 17.8. The molecule has 4 rings (SSSR count). The lowest BCUT2D eigenvalue weighted by atomic mass is 9.97. The fourth-order valence-corrected chi connectivity index (χ4v) is 4.61. The van der Waals surface area contributed by atoms with Crippen LogP contribution in [-0.4, -0.2) is 57.9 Å². The van der Waals surface area contributed by atoms with E-state index in [1.807, 2.05) is 30.3 Å². The molecule has 2 saturated heterocycles. The highest BCUT2D eigenvalue weighted by molar-refractivity contribution is 5.91. The molecular weight excluding hydrogens is 344 g/mol. The molecule has 0 aromatic heterocycles. The van der Waals surface area contributed by atoms with Crippen molar-refractivity contribution in [3.8, 4) is 0 Å². The standard InChI is InChI=1S/C21H24N2O4/c24-19(13-15-10-9-14-5-1-2-6-16(14)15)22-11-3-7-17(22)20(25)23-12-4-8-18(23)21(26)27/h1-2,5-6,9-10,15,17-18H,3-4,7-8,11-13H2,(H,26,27)/t15?,17-,18-/m0/s1. The Morgan fingerprint density at radius 3 is 2.48 bits per heavy atom. The number of rotatable bonds is 4. The molecular formula is C21H24N2O4. The van der Waals surface area contributed by atoms with Crippen molar-refractivity contribution in [1.29, 1.82) is 0 Å². The van der Waals surface area contributed by atoms with E-state index in [4.69, 9.17) is 0 Å². The van der Waals surface area contributed by atoms with Gasteiger partial charge < -0.3 is 14.9 Å². The minimum absolute atomic E-state index is 0.0247. The third-order valence-corrected chi connectivity index (χ3v) is 5.98. The van der Waals surface area contributed by atoms with Gasteiger partial charge in [-0.25, -0.2) is 4.79 Å². The molecule has 2 heterocycles. The van der Waals surface area contributed by atoms with E-state index in [9.17, 15) is 19.5 Å². The smallest absolute Gasteiger partial charge is 0.326 e. The van der Waals surface area contributed by atoms with Crippen LogP contribution in [0.4, 0.5) is 0 Å². The van der Waals surface area contributed by atoms with E-state index in [1.165, 1.54) is 4.90 Å². The summed E-state index contributed by atoms with van der Waals surface area (Å²) < 4.78 is 0. The number of nitrogens with zero attached hydrogens (tertiary/aromatic N) is 2. The average Bonchev–Trinajstić information content (AvgIpc) is 3.40. The van der Waals surface area contributed by atoms with Crippen LogP contribution in [0.25, 0.3) is 6.08 Å². The zero-order chi connectivity index (χ0) is 19.0. The van der Waals surface area contributed by atoms with E-state index < -0.39 is 18.1 Å². The molecule has 27 heavy (non-hydrogen) atoms. The summed E-state index contributed by atoms with van der Waals surface area (Å²) in [7, 11) is 0. The second-order valence-corrected chi connectivity index (χ2v) is 7.57. The molecule has 2 amide bonds. The van der Waals surface area contributed by atoms with Crippen LogP contribution in [0, 0.1) is 0 Å². The summed E-state index contributed by atoms with van der Waals surface area (Å²) >= 11 is 0. The van der Waals surface area contributed by atoms with Gasteiger partial charge in [0.2, 0.25) is 11.8 Å². The highest BCUT2D eigenvalue weighted by Crippen LogP contribution is 2.34. The molecule has 0 bridgehead atoms. The number of hydrogen-bond donors (Lipinski definition) is 1. The van der Waals surface area contributed by atoms with Crippen LogP contribution in [0.5, 0.6) is 0 Å². The predicted molar refractivity (Wildman–Crippen MR) is 99.9 cm³/mol. The van der Waals surface area contributed by atoms with E-state index in [1.54, 1.807) is 4.90 Å². The summed E-state index contributed by atoms with van der Waals surface area (Å²) in [6, 6.07) is 6.78. The highest BCUT2D eigenvalue weighted by atomic mass is 16.4. The van der Waals surface area contributed by atoms with Crippen molar-refractivity contribution < 1.29 is 19.5 Å². The lowest BCUT2D eigenvalue weighted by Crippen LogP contribution is -2.51. The van der Waals surface area contributed by atoms with Crippen molar-refractivity contribution >= 4 is 23.9 Å². The van der Waals surface area contributed by atoms with Gasteiger partial charge in [0, 0.05) is 25.4 Å². The molecule has 1 aliphatic carbocycles. The van der Waals surface area contributed by atoms with Crippen molar-refractivity contribution in [1.82, 2.24) is 9.80 Å². The maximum absolute atomic E-state index is 13.0. The molecule has 142 valence electrons. The van der Waals surface area contributed by atoms with Gasteiger partial charge in [0.1, 0.15) is 12.1 Å². The summed E-state index contributed by atoms with van der Waals surface area (Å²) in [6.07, 6.45) is 7.03. The number of carboxylic acids is 1. The van der Waals surface area contributed by atoms with E-state index in [-0.39, 0.29) is 17.7 Å². The highest BCUT2D eigenvalue weighted by Gasteiger charge is 2.42. The number of carbonyl (C=O) groups excluding carboxylic acids is 2. The number of likely N-dealkylation sites (tertiary alicyclic amines) is 2. The lowest BCUT2D eigenvalue weighted by Gasteiger charge is -2.30. The molecule has 1 N–H and O–H groups in total. The van der Waals surface area contributed by atoms with Crippen LogP contribution in [0.15, 0.2) is 30.3 Å². The van der Waals surface area contributed by atoms with Crippen LogP contribution in [0.2, 0.25) is 0 Å². The quantitative estimate of drug-likeness (QED) is 0.884. The van der Waals surface area contributed by atoms with Crippen molar-refractivity contribution in [3.63, 3.8) is 0 Å². The van der Waals surface area contributed by atoms with Gasteiger partial charge in [-0.1, -0.05) is 36.4 Å². The number of carbonyl (C=O) groups is 3. The first-order chi connectivity index (χ1) is 13.1. The Morgan fingerprint density at radius 2 is 1.70 bits per heavy atom. The van der Waals surface area contributed by atoms with Gasteiger partial charge in [0.25, 0.3) is 0 Å². The number of fused-ring (bicyclic) bond motifs is 1. The van der Waals surface area contributed by atoms with E-state index >= 15 is 0 Å². The molecule has 1 aromatic carbocycles. The van der Waals surface area contributed by atoms with Gasteiger partial charge >= 0.3 is 5.97 Å². The Balaban J connectivity index is 1.45. The maximum atomic E-state index is 13.0. The second kappa shape index (κ2) is 7.18. The Hall–Kier alpha value is -2.63. The number of hydrogen-bond acceptors (Lipinski definition) is 3. The molecule has 3 aliphatic rings. The Bertz CT molecular complexity index is 803. The van der Waals surface area contributed by atoms with E-state index in [2.05, 4.69) is 6.08 Å². The molecule has 0 radical (unpaired) electrons. The average molecular weight is 368 g/mol. The summed E-state index contributed by atoms with van der Waals surface area (Å²) in [5, 5.41) is 9.35. The normalized spacial score (nSPS) is 26.4. The van der Waals surface area contributed by atoms with Crippen molar-refractivity contribution in [2.75, 3.05) is 13.1 Å². The Labute approximate surface area is 158 Å². The molecule has 6 heteroatoms. The third kappa shape index (κ3) is 3.24. The number of carboxylic acid groups (broad SMARTS) is 1. The zero-order valence-electron chi connectivity index (χ0n) is 15.2. The zero-order valence-corrected chi connectivity index (χ0v) is 15.2. The number of aliphatic carboxylic acids is 1. The van der Waals surface area contributed by atoms with Gasteiger partial charge in [-0.2, -0.15) is 0 Å². The second-order valence-electron chi connectivity index (χ2n) is 7.57. The minimum Gasteiger partial charge on any atom is -0.480 e. The van der Waals surface area contributed by atoms with Crippen LogP contribution >= 0.6 is 0 Å². The third-order valence-electron chi connectivity index (χ3n) is 5.98. The Kier molecular flexibility index (Phi) is 4.72. The van der Waals surface area contributed by atoms with Crippen LogP contribution in [-0.2, 0) is 14.4 Å². The summed E-state index contributed by atoms with van der Waals surface area (Å²) in [6.45, 7) is 1.03. The molecule has 6 nitrogen and oxygen atoms in total. The molecule has 0 saturated carbocycles. The van der Waals surface area contributed by atoms with Crippen molar-refractivity contribution in [2.24, 2.45) is 0 Å². The Morgan fingerprint density at radius 1 is 1.00 bits per heavy atom. The van der Waals surface area contributed by atoms with Gasteiger partial charge in [-0.3, -0.25) is 9.59 Å². The largest absolute Gasteiger partial charge is 0.480 e. The van der Waals surface area contributed by atoms with Crippen LogP contribution < -0.4 is 0 Å². The van der Waals surface area contributed by atoms with E-state index in [0.29, 0.717) is 38.8 Å². The monoisotopic (exact) mass is 368 g/mol. The lowest BCUT2D eigenvalue weighted by molar-refractivity contribution is -0.151. The van der Waals surface area contributed by atoms with Crippen molar-refractivity contribution in [2.45, 2.75) is 50.1 Å².